The van der Waals surface area contributed by atoms with Crippen LogP contribution in [0.2, 0.25) is 0 Å². The Labute approximate surface area is 157 Å². The molecule has 1 saturated heterocycles. The molecule has 1 amide bonds. The van der Waals surface area contributed by atoms with Crippen LogP contribution in [0.1, 0.15) is 38.3 Å². The van der Waals surface area contributed by atoms with Crippen molar-refractivity contribution in [3.8, 4) is 11.4 Å². The summed E-state index contributed by atoms with van der Waals surface area (Å²) in [7, 11) is 0. The van der Waals surface area contributed by atoms with Crippen LogP contribution in [0.25, 0.3) is 11.4 Å². The van der Waals surface area contributed by atoms with E-state index in [0.717, 1.165) is 16.9 Å². The summed E-state index contributed by atoms with van der Waals surface area (Å²) >= 11 is 1.70. The van der Waals surface area contributed by atoms with Gasteiger partial charge in [-0.05, 0) is 5.56 Å². The van der Waals surface area contributed by atoms with Crippen molar-refractivity contribution in [1.82, 2.24) is 15.0 Å². The molecule has 1 aliphatic rings. The molecule has 8 heteroatoms. The Balaban J connectivity index is 0.00000225. The number of halogens is 1. The van der Waals surface area contributed by atoms with E-state index >= 15 is 0 Å². The van der Waals surface area contributed by atoms with E-state index in [-0.39, 0.29) is 24.4 Å². The normalized spacial score (nSPS) is 17.4. The number of hydrogen-bond acceptors (Lipinski definition) is 6. The summed E-state index contributed by atoms with van der Waals surface area (Å²) in [5, 5.41) is 4.08. The van der Waals surface area contributed by atoms with Crippen LogP contribution in [0.4, 0.5) is 0 Å². The van der Waals surface area contributed by atoms with Gasteiger partial charge in [0.15, 0.2) is 0 Å². The summed E-state index contributed by atoms with van der Waals surface area (Å²) in [4.78, 5) is 19.0. The predicted octanol–water partition coefficient (Wildman–Crippen LogP) is 3.24. The first-order chi connectivity index (χ1) is 11.4. The summed E-state index contributed by atoms with van der Waals surface area (Å²) < 4.78 is 5.46. The molecule has 25 heavy (non-hydrogen) atoms. The minimum absolute atomic E-state index is 0. The third-order valence-corrected chi connectivity index (χ3v) is 4.97. The smallest absolute Gasteiger partial charge is 0.250 e. The van der Waals surface area contributed by atoms with Gasteiger partial charge in [0.1, 0.15) is 6.04 Å². The molecule has 1 aromatic heterocycles. The van der Waals surface area contributed by atoms with Gasteiger partial charge in [0, 0.05) is 23.3 Å². The largest absolute Gasteiger partial charge is 0.337 e. The molecule has 0 spiro atoms. The first kappa shape index (κ1) is 19.8. The fourth-order valence-corrected chi connectivity index (χ4v) is 3.70. The Hall–Kier alpha value is -1.57. The van der Waals surface area contributed by atoms with Gasteiger partial charge in [-0.1, -0.05) is 50.2 Å². The summed E-state index contributed by atoms with van der Waals surface area (Å²) in [6, 6.07) is 7.60. The number of aromatic nitrogens is 2. The molecule has 1 aliphatic heterocycles. The zero-order chi connectivity index (χ0) is 17.3. The van der Waals surface area contributed by atoms with E-state index in [9.17, 15) is 4.79 Å². The van der Waals surface area contributed by atoms with Gasteiger partial charge in [0.25, 0.3) is 5.89 Å². The molecule has 1 unspecified atom stereocenters. The summed E-state index contributed by atoms with van der Waals surface area (Å²) in [6.45, 7) is 6.27. The molecular formula is C17H23ClN4O2S. The maximum atomic E-state index is 12.6. The first-order valence-electron chi connectivity index (χ1n) is 7.92. The zero-order valence-corrected chi connectivity index (χ0v) is 16.2. The average molecular weight is 383 g/mol. The monoisotopic (exact) mass is 382 g/mol. The second-order valence-corrected chi connectivity index (χ2v) is 7.90. The minimum Gasteiger partial charge on any atom is -0.337 e. The van der Waals surface area contributed by atoms with Crippen molar-refractivity contribution < 1.29 is 9.32 Å². The molecule has 2 aromatic rings. The molecule has 1 aromatic carbocycles. The fourth-order valence-electron chi connectivity index (χ4n) is 2.56. The van der Waals surface area contributed by atoms with Crippen LogP contribution in [-0.4, -0.2) is 32.6 Å². The number of nitrogens with two attached hydrogens (primary N) is 1. The number of benzene rings is 1. The molecule has 0 bridgehead atoms. The van der Waals surface area contributed by atoms with E-state index in [0.29, 0.717) is 24.1 Å². The van der Waals surface area contributed by atoms with Crippen molar-refractivity contribution >= 4 is 30.1 Å². The molecular weight excluding hydrogens is 360 g/mol. The van der Waals surface area contributed by atoms with Crippen LogP contribution in [-0.2, 0) is 11.3 Å². The lowest BCUT2D eigenvalue weighted by Gasteiger charge is -2.28. The maximum absolute atomic E-state index is 12.6. The third-order valence-electron chi connectivity index (χ3n) is 3.96. The van der Waals surface area contributed by atoms with Crippen LogP contribution >= 0.6 is 24.2 Å². The molecule has 1 atom stereocenters. The Bertz CT molecular complexity index is 727. The van der Waals surface area contributed by atoms with Gasteiger partial charge in [-0.25, -0.2) is 0 Å². The quantitative estimate of drug-likeness (QED) is 0.877. The van der Waals surface area contributed by atoms with E-state index in [4.69, 9.17) is 10.3 Å². The molecule has 1 fully saturated rings. The summed E-state index contributed by atoms with van der Waals surface area (Å²) in [5.41, 5.74) is 7.12. The number of hydrogen-bond donors (Lipinski definition) is 1. The van der Waals surface area contributed by atoms with Gasteiger partial charge in [0.2, 0.25) is 11.7 Å². The van der Waals surface area contributed by atoms with E-state index in [2.05, 4.69) is 10.1 Å². The van der Waals surface area contributed by atoms with Crippen LogP contribution in [0.15, 0.2) is 28.8 Å². The zero-order valence-electron chi connectivity index (χ0n) is 14.6. The molecule has 0 radical (unpaired) electrons. The van der Waals surface area contributed by atoms with Gasteiger partial charge in [-0.3, -0.25) is 4.79 Å². The molecule has 136 valence electrons. The molecule has 0 aliphatic carbocycles. The van der Waals surface area contributed by atoms with Crippen molar-refractivity contribution in [3.05, 3.63) is 35.7 Å². The fraction of sp³-hybridized carbons (Fsp3) is 0.471. The van der Waals surface area contributed by atoms with Crippen molar-refractivity contribution in [2.24, 2.45) is 11.1 Å². The number of rotatable bonds is 3. The lowest BCUT2D eigenvalue weighted by atomic mass is 9.94. The van der Waals surface area contributed by atoms with Gasteiger partial charge >= 0.3 is 0 Å². The lowest BCUT2D eigenvalue weighted by molar-refractivity contribution is -0.140. The molecule has 2 N–H and O–H groups in total. The van der Waals surface area contributed by atoms with Gasteiger partial charge in [-0.15, -0.1) is 24.2 Å². The molecule has 6 nitrogen and oxygen atoms in total. The molecule has 3 rings (SSSR count). The Morgan fingerprint density at radius 3 is 2.64 bits per heavy atom. The van der Waals surface area contributed by atoms with E-state index in [1.807, 2.05) is 49.9 Å². The van der Waals surface area contributed by atoms with E-state index < -0.39 is 5.41 Å². The molecule has 2 heterocycles. The summed E-state index contributed by atoms with van der Waals surface area (Å²) in [5.74, 6) is 2.56. The van der Waals surface area contributed by atoms with Gasteiger partial charge in [0.05, 0.1) is 5.88 Å². The highest BCUT2D eigenvalue weighted by molar-refractivity contribution is 7.99. The molecule has 0 saturated carbocycles. The second kappa shape index (κ2) is 7.76. The number of carbonyl (C=O) groups excluding carboxylic acids is 1. The first-order valence-corrected chi connectivity index (χ1v) is 9.07. The number of amides is 1. The van der Waals surface area contributed by atoms with Crippen LogP contribution in [0.3, 0.4) is 0 Å². The third kappa shape index (κ3) is 4.16. The van der Waals surface area contributed by atoms with Crippen molar-refractivity contribution in [2.75, 3.05) is 11.6 Å². The minimum atomic E-state index is -0.427. The highest BCUT2D eigenvalue weighted by Crippen LogP contribution is 2.36. The van der Waals surface area contributed by atoms with Gasteiger partial charge < -0.3 is 15.2 Å². The van der Waals surface area contributed by atoms with E-state index in [1.165, 1.54) is 0 Å². The van der Waals surface area contributed by atoms with Gasteiger partial charge in [-0.2, -0.15) is 4.98 Å². The SMILES string of the molecule is CC(C)(C)C(=O)N1CSCC1c1nc(-c2ccc(CN)cc2)no1.Cl. The number of thioether (sulfide) groups is 1. The topological polar surface area (TPSA) is 85.2 Å². The van der Waals surface area contributed by atoms with Crippen molar-refractivity contribution in [3.63, 3.8) is 0 Å². The lowest BCUT2D eigenvalue weighted by Crippen LogP contribution is -2.39. The maximum Gasteiger partial charge on any atom is 0.250 e. The number of carbonyl (C=O) groups is 1. The van der Waals surface area contributed by atoms with Crippen LogP contribution in [0.5, 0.6) is 0 Å². The average Bonchev–Trinajstić information content (AvgIpc) is 3.22. The Morgan fingerprint density at radius 2 is 2.04 bits per heavy atom. The highest BCUT2D eigenvalue weighted by atomic mass is 35.5. The Kier molecular flexibility index (Phi) is 6.13. The van der Waals surface area contributed by atoms with Crippen molar-refractivity contribution in [2.45, 2.75) is 33.4 Å². The predicted molar refractivity (Wildman–Crippen MR) is 101 cm³/mol. The number of nitrogens with zero attached hydrogens (tertiary/aromatic N) is 3. The highest BCUT2D eigenvalue weighted by Gasteiger charge is 2.38. The van der Waals surface area contributed by atoms with Crippen molar-refractivity contribution in [1.29, 1.82) is 0 Å². The summed E-state index contributed by atoms with van der Waals surface area (Å²) in [6.07, 6.45) is 0. The van der Waals surface area contributed by atoms with Crippen LogP contribution in [0, 0.1) is 5.41 Å². The van der Waals surface area contributed by atoms with Crippen LogP contribution < -0.4 is 5.73 Å². The standard InChI is InChI=1S/C17H22N4O2S.ClH/c1-17(2,3)16(22)21-10-24-9-13(21)15-19-14(20-23-15)12-6-4-11(8-18)5-7-12;/h4-7,13H,8-10,18H2,1-3H3;1H. The Morgan fingerprint density at radius 1 is 1.36 bits per heavy atom. The van der Waals surface area contributed by atoms with E-state index in [1.54, 1.807) is 11.8 Å². The second-order valence-electron chi connectivity index (χ2n) is 6.90.